The number of benzene rings is 2. The molecule has 6 heteroatoms. The number of sulfonamides is 1. The summed E-state index contributed by atoms with van der Waals surface area (Å²) < 4.78 is 33.2. The second-order valence-corrected chi connectivity index (χ2v) is 8.27. The first-order valence-corrected chi connectivity index (χ1v) is 9.77. The number of aliphatic hydroxyl groups excluding tert-OH is 1. The van der Waals surface area contributed by atoms with Crippen LogP contribution >= 0.6 is 0 Å². The maximum Gasteiger partial charge on any atom is 0.240 e. The van der Waals surface area contributed by atoms with Gasteiger partial charge in [-0.05, 0) is 66.8 Å². The number of nitrogens with one attached hydrogen (secondary N) is 1. The van der Waals surface area contributed by atoms with Crippen LogP contribution in [0.2, 0.25) is 0 Å². The van der Waals surface area contributed by atoms with Crippen molar-refractivity contribution in [2.45, 2.75) is 38.2 Å². The van der Waals surface area contributed by atoms with Crippen molar-refractivity contribution in [2.75, 3.05) is 13.2 Å². The molecule has 0 amide bonds. The number of hydrogen-bond acceptors (Lipinski definition) is 4. The van der Waals surface area contributed by atoms with Crippen molar-refractivity contribution in [3.05, 3.63) is 58.1 Å². The van der Waals surface area contributed by atoms with Gasteiger partial charge in [0.25, 0.3) is 0 Å². The van der Waals surface area contributed by atoms with Gasteiger partial charge in [0.15, 0.2) is 0 Å². The summed E-state index contributed by atoms with van der Waals surface area (Å²) in [5, 5.41) is 10.4. The topological polar surface area (TPSA) is 75.6 Å². The molecule has 0 saturated carbocycles. The Balaban J connectivity index is 1.75. The van der Waals surface area contributed by atoms with Crippen molar-refractivity contribution < 1.29 is 18.3 Å². The van der Waals surface area contributed by atoms with Gasteiger partial charge in [0.1, 0.15) is 5.75 Å². The van der Waals surface area contributed by atoms with Crippen molar-refractivity contribution in [1.29, 1.82) is 0 Å². The van der Waals surface area contributed by atoms with Gasteiger partial charge in [0.05, 0.1) is 17.6 Å². The maximum absolute atomic E-state index is 12.6. The first kappa shape index (κ1) is 17.9. The van der Waals surface area contributed by atoms with Crippen molar-refractivity contribution in [1.82, 2.24) is 4.72 Å². The fourth-order valence-electron chi connectivity index (χ4n) is 3.02. The van der Waals surface area contributed by atoms with Gasteiger partial charge >= 0.3 is 0 Å². The summed E-state index contributed by atoms with van der Waals surface area (Å²) in [6, 6.07) is 9.00. The van der Waals surface area contributed by atoms with Crippen LogP contribution in [0.1, 0.15) is 33.9 Å². The van der Waals surface area contributed by atoms with Crippen molar-refractivity contribution in [2.24, 2.45) is 0 Å². The molecule has 2 N–H and O–H groups in total. The van der Waals surface area contributed by atoms with Crippen molar-refractivity contribution in [3.8, 4) is 5.75 Å². The summed E-state index contributed by atoms with van der Waals surface area (Å²) in [6.07, 6.45) is -0.101. The first-order chi connectivity index (χ1) is 11.8. The van der Waals surface area contributed by atoms with E-state index in [-0.39, 0.29) is 11.4 Å². The fourth-order valence-corrected chi connectivity index (χ4v) is 4.37. The quantitative estimate of drug-likeness (QED) is 0.858. The Kier molecular flexibility index (Phi) is 4.86. The minimum Gasteiger partial charge on any atom is -0.493 e. The summed E-state index contributed by atoms with van der Waals surface area (Å²) in [4.78, 5) is 0.255. The fraction of sp³-hybridized carbons (Fsp3) is 0.368. The third-order valence-electron chi connectivity index (χ3n) is 4.65. The Bertz CT molecular complexity index is 906. The molecular formula is C19H23NO4S. The van der Waals surface area contributed by atoms with Crippen LogP contribution < -0.4 is 9.46 Å². The van der Waals surface area contributed by atoms with Crippen LogP contribution in [-0.4, -0.2) is 26.7 Å². The molecule has 1 heterocycles. The standard InChI is InChI=1S/C19H23NO4S/c1-12-8-14(3)19(9-13(12)2)25(22,23)20-11-17(21)15-4-5-18-16(10-15)6-7-24-18/h4-5,8-10,17,20-21H,6-7,11H2,1-3H3. The largest absolute Gasteiger partial charge is 0.493 e. The van der Waals surface area contributed by atoms with E-state index in [1.54, 1.807) is 19.1 Å². The lowest BCUT2D eigenvalue weighted by molar-refractivity contribution is 0.182. The van der Waals surface area contributed by atoms with E-state index in [0.29, 0.717) is 17.7 Å². The van der Waals surface area contributed by atoms with Crippen LogP contribution in [0.4, 0.5) is 0 Å². The van der Waals surface area contributed by atoms with Crippen LogP contribution in [0.5, 0.6) is 5.75 Å². The van der Waals surface area contributed by atoms with Gasteiger partial charge in [-0.1, -0.05) is 12.1 Å². The Morgan fingerprint density at radius 2 is 1.84 bits per heavy atom. The maximum atomic E-state index is 12.6. The molecule has 134 valence electrons. The molecule has 0 fully saturated rings. The van der Waals surface area contributed by atoms with Gasteiger partial charge in [-0.3, -0.25) is 0 Å². The average Bonchev–Trinajstić information content (AvgIpc) is 3.03. The van der Waals surface area contributed by atoms with E-state index in [2.05, 4.69) is 4.72 Å². The Morgan fingerprint density at radius 1 is 1.12 bits per heavy atom. The molecule has 5 nitrogen and oxygen atoms in total. The van der Waals surface area contributed by atoms with Gasteiger partial charge in [-0.2, -0.15) is 0 Å². The van der Waals surface area contributed by atoms with Gasteiger partial charge in [0, 0.05) is 13.0 Å². The lowest BCUT2D eigenvalue weighted by atomic mass is 10.0. The van der Waals surface area contributed by atoms with Crippen molar-refractivity contribution in [3.63, 3.8) is 0 Å². The smallest absolute Gasteiger partial charge is 0.240 e. The Labute approximate surface area is 148 Å². The zero-order valence-corrected chi connectivity index (χ0v) is 15.5. The minimum absolute atomic E-state index is 0.0751. The van der Waals surface area contributed by atoms with Crippen LogP contribution in [0.15, 0.2) is 35.2 Å². The van der Waals surface area contributed by atoms with E-state index in [1.165, 1.54) is 0 Å². The molecule has 0 radical (unpaired) electrons. The number of aryl methyl sites for hydroxylation is 3. The first-order valence-electron chi connectivity index (χ1n) is 8.29. The van der Waals surface area contributed by atoms with Crippen LogP contribution in [0.25, 0.3) is 0 Å². The molecule has 0 aliphatic carbocycles. The highest BCUT2D eigenvalue weighted by molar-refractivity contribution is 7.89. The molecule has 3 rings (SSSR count). The highest BCUT2D eigenvalue weighted by Gasteiger charge is 2.21. The molecular weight excluding hydrogens is 338 g/mol. The van der Waals surface area contributed by atoms with E-state index < -0.39 is 16.1 Å². The number of rotatable bonds is 5. The molecule has 1 aliphatic heterocycles. The molecule has 0 aromatic heterocycles. The molecule has 0 spiro atoms. The molecule has 2 aromatic rings. The SMILES string of the molecule is Cc1cc(C)c(S(=O)(=O)NCC(O)c2ccc3c(c2)CCO3)cc1C. The predicted molar refractivity (Wildman–Crippen MR) is 96.4 cm³/mol. The van der Waals surface area contributed by atoms with E-state index in [0.717, 1.165) is 28.9 Å². The second kappa shape index (κ2) is 6.78. The number of fused-ring (bicyclic) bond motifs is 1. The number of aliphatic hydroxyl groups is 1. The van der Waals surface area contributed by atoms with Crippen LogP contribution in [0.3, 0.4) is 0 Å². The van der Waals surface area contributed by atoms with E-state index in [9.17, 15) is 13.5 Å². The molecule has 2 aromatic carbocycles. The number of hydrogen-bond donors (Lipinski definition) is 2. The molecule has 1 atom stereocenters. The lowest BCUT2D eigenvalue weighted by Crippen LogP contribution is -2.29. The summed E-state index contributed by atoms with van der Waals surface area (Å²) >= 11 is 0. The van der Waals surface area contributed by atoms with Gasteiger partial charge in [-0.25, -0.2) is 13.1 Å². The molecule has 25 heavy (non-hydrogen) atoms. The summed E-state index contributed by atoms with van der Waals surface area (Å²) in [5.41, 5.74) is 4.40. The lowest BCUT2D eigenvalue weighted by Gasteiger charge is -2.15. The van der Waals surface area contributed by atoms with Gasteiger partial charge in [0.2, 0.25) is 10.0 Å². The van der Waals surface area contributed by atoms with E-state index in [1.807, 2.05) is 32.0 Å². The predicted octanol–water partition coefficient (Wildman–Crippen LogP) is 2.56. The highest BCUT2D eigenvalue weighted by atomic mass is 32.2. The van der Waals surface area contributed by atoms with Gasteiger partial charge in [-0.15, -0.1) is 0 Å². The van der Waals surface area contributed by atoms with E-state index >= 15 is 0 Å². The summed E-state index contributed by atoms with van der Waals surface area (Å²) in [6.45, 7) is 6.18. The molecule has 1 unspecified atom stereocenters. The van der Waals surface area contributed by atoms with E-state index in [4.69, 9.17) is 4.74 Å². The normalized spacial score (nSPS) is 14.9. The average molecular weight is 361 g/mol. The third kappa shape index (κ3) is 3.71. The second-order valence-electron chi connectivity index (χ2n) is 6.54. The summed E-state index contributed by atoms with van der Waals surface area (Å²) in [5.74, 6) is 0.835. The summed E-state index contributed by atoms with van der Waals surface area (Å²) in [7, 11) is -3.68. The zero-order valence-electron chi connectivity index (χ0n) is 14.7. The Morgan fingerprint density at radius 3 is 2.60 bits per heavy atom. The molecule has 0 bridgehead atoms. The minimum atomic E-state index is -3.68. The monoisotopic (exact) mass is 361 g/mol. The van der Waals surface area contributed by atoms with Crippen LogP contribution in [-0.2, 0) is 16.4 Å². The molecule has 0 saturated heterocycles. The van der Waals surface area contributed by atoms with Crippen LogP contribution in [0, 0.1) is 20.8 Å². The van der Waals surface area contributed by atoms with Crippen molar-refractivity contribution >= 4 is 10.0 Å². The molecule has 1 aliphatic rings. The number of ether oxygens (including phenoxy) is 1. The zero-order chi connectivity index (χ0) is 18.2. The van der Waals surface area contributed by atoms with Gasteiger partial charge < -0.3 is 9.84 Å². The Hall–Kier alpha value is -1.89. The highest BCUT2D eigenvalue weighted by Crippen LogP contribution is 2.28. The third-order valence-corrected chi connectivity index (χ3v) is 6.21.